The molecule has 2 atom stereocenters. The highest BCUT2D eigenvalue weighted by Gasteiger charge is 2.24. The quantitative estimate of drug-likeness (QED) is 0.663. The molecule has 2 aromatic carbocycles. The summed E-state index contributed by atoms with van der Waals surface area (Å²) in [6, 6.07) is 7.31. The van der Waals surface area contributed by atoms with Crippen LogP contribution in [0.3, 0.4) is 0 Å². The third-order valence-electron chi connectivity index (χ3n) is 5.00. The van der Waals surface area contributed by atoms with E-state index in [0.717, 1.165) is 31.2 Å². The first-order chi connectivity index (χ1) is 12.5. The fourth-order valence-electron chi connectivity index (χ4n) is 3.52. The van der Waals surface area contributed by atoms with Crippen molar-refractivity contribution in [3.8, 4) is 16.9 Å². The van der Waals surface area contributed by atoms with Gasteiger partial charge in [0.1, 0.15) is 5.82 Å². The van der Waals surface area contributed by atoms with Crippen molar-refractivity contribution in [3.05, 3.63) is 53.3 Å². The number of methoxy groups -OCH3 is 1. The predicted molar refractivity (Wildman–Crippen MR) is 94.9 cm³/mol. The smallest absolute Gasteiger partial charge is 0.201 e. The molecule has 1 aliphatic rings. The first-order valence-corrected chi connectivity index (χ1v) is 8.98. The Labute approximate surface area is 151 Å². The lowest BCUT2D eigenvalue weighted by Crippen LogP contribution is -2.24. The van der Waals surface area contributed by atoms with E-state index in [-0.39, 0.29) is 28.9 Å². The van der Waals surface area contributed by atoms with Gasteiger partial charge >= 0.3 is 0 Å². The molecule has 1 heterocycles. The third-order valence-corrected chi connectivity index (χ3v) is 5.00. The van der Waals surface area contributed by atoms with Crippen molar-refractivity contribution in [2.45, 2.75) is 44.6 Å². The van der Waals surface area contributed by atoms with E-state index in [2.05, 4.69) is 6.92 Å². The van der Waals surface area contributed by atoms with Gasteiger partial charge < -0.3 is 9.47 Å². The Bertz CT molecular complexity index is 768. The van der Waals surface area contributed by atoms with Gasteiger partial charge in [0.2, 0.25) is 5.82 Å². The van der Waals surface area contributed by atoms with Crippen molar-refractivity contribution in [2.75, 3.05) is 13.7 Å². The molecule has 2 unspecified atom stereocenters. The predicted octanol–water partition coefficient (Wildman–Crippen LogP) is 5.84. The van der Waals surface area contributed by atoms with Gasteiger partial charge in [-0.1, -0.05) is 25.5 Å². The fourth-order valence-corrected chi connectivity index (χ4v) is 3.52. The highest BCUT2D eigenvalue weighted by molar-refractivity contribution is 5.66. The molecule has 1 fully saturated rings. The molecule has 0 bridgehead atoms. The van der Waals surface area contributed by atoms with Gasteiger partial charge in [0, 0.05) is 17.0 Å². The van der Waals surface area contributed by atoms with Gasteiger partial charge in [-0.05, 0) is 43.0 Å². The maximum atomic E-state index is 14.6. The Morgan fingerprint density at radius 2 is 1.81 bits per heavy atom. The summed E-state index contributed by atoms with van der Waals surface area (Å²) in [5, 5.41) is 0. The molecule has 26 heavy (non-hydrogen) atoms. The molecule has 0 N–H and O–H groups in total. The number of halogens is 3. The molecule has 0 aliphatic carbocycles. The molecule has 5 heteroatoms. The van der Waals surface area contributed by atoms with Crippen LogP contribution in [0.5, 0.6) is 5.75 Å². The number of hydrogen-bond donors (Lipinski definition) is 0. The van der Waals surface area contributed by atoms with Crippen LogP contribution in [0.2, 0.25) is 0 Å². The SMILES string of the molecule is CCCC1CCC(c2ccc(-c3ccc(OC)c(F)c3F)c(F)c2)CO1. The third kappa shape index (κ3) is 3.73. The van der Waals surface area contributed by atoms with Crippen LogP contribution in [-0.2, 0) is 4.74 Å². The average molecular weight is 364 g/mol. The van der Waals surface area contributed by atoms with Crippen LogP contribution >= 0.6 is 0 Å². The molecule has 2 aromatic rings. The van der Waals surface area contributed by atoms with Gasteiger partial charge in [0.05, 0.1) is 19.8 Å². The maximum absolute atomic E-state index is 14.6. The summed E-state index contributed by atoms with van der Waals surface area (Å²) in [5.74, 6) is -2.87. The summed E-state index contributed by atoms with van der Waals surface area (Å²) < 4.78 is 53.4. The lowest BCUT2D eigenvalue weighted by atomic mass is 9.89. The molecule has 1 saturated heterocycles. The van der Waals surface area contributed by atoms with Crippen molar-refractivity contribution in [3.63, 3.8) is 0 Å². The van der Waals surface area contributed by atoms with Crippen LogP contribution in [0.4, 0.5) is 13.2 Å². The Morgan fingerprint density at radius 3 is 2.42 bits per heavy atom. The number of hydrogen-bond acceptors (Lipinski definition) is 2. The zero-order chi connectivity index (χ0) is 18.7. The zero-order valence-electron chi connectivity index (χ0n) is 15.0. The summed E-state index contributed by atoms with van der Waals surface area (Å²) in [7, 11) is 1.25. The van der Waals surface area contributed by atoms with E-state index in [1.165, 1.54) is 31.4 Å². The minimum atomic E-state index is -1.11. The second-order valence-corrected chi connectivity index (χ2v) is 6.70. The van der Waals surface area contributed by atoms with E-state index in [1.807, 2.05) is 0 Å². The van der Waals surface area contributed by atoms with Gasteiger partial charge in [0.15, 0.2) is 11.6 Å². The Balaban J connectivity index is 1.82. The van der Waals surface area contributed by atoms with Crippen LogP contribution in [0, 0.1) is 17.5 Å². The molecule has 0 spiro atoms. The van der Waals surface area contributed by atoms with Gasteiger partial charge in [-0.2, -0.15) is 4.39 Å². The highest BCUT2D eigenvalue weighted by Crippen LogP contribution is 2.35. The van der Waals surface area contributed by atoms with Crippen LogP contribution in [0.15, 0.2) is 30.3 Å². The van der Waals surface area contributed by atoms with Gasteiger partial charge in [-0.25, -0.2) is 8.78 Å². The van der Waals surface area contributed by atoms with Crippen molar-refractivity contribution in [1.82, 2.24) is 0 Å². The molecule has 0 aromatic heterocycles. The number of rotatable bonds is 5. The van der Waals surface area contributed by atoms with E-state index in [4.69, 9.17) is 9.47 Å². The molecule has 140 valence electrons. The minimum Gasteiger partial charge on any atom is -0.494 e. The largest absolute Gasteiger partial charge is 0.494 e. The summed E-state index contributed by atoms with van der Waals surface area (Å²) >= 11 is 0. The summed E-state index contributed by atoms with van der Waals surface area (Å²) in [4.78, 5) is 0. The summed E-state index contributed by atoms with van der Waals surface area (Å²) in [6.07, 6.45) is 4.32. The van der Waals surface area contributed by atoms with Crippen molar-refractivity contribution >= 4 is 0 Å². The molecular weight excluding hydrogens is 341 g/mol. The van der Waals surface area contributed by atoms with Crippen LogP contribution in [0.1, 0.15) is 44.1 Å². The lowest BCUT2D eigenvalue weighted by molar-refractivity contribution is -0.00115. The molecule has 2 nitrogen and oxygen atoms in total. The number of ether oxygens (including phenoxy) is 2. The topological polar surface area (TPSA) is 18.5 Å². The van der Waals surface area contributed by atoms with Gasteiger partial charge in [-0.15, -0.1) is 0 Å². The van der Waals surface area contributed by atoms with E-state index in [0.29, 0.717) is 6.61 Å². The maximum Gasteiger partial charge on any atom is 0.201 e. The molecule has 0 radical (unpaired) electrons. The molecular formula is C21H23F3O2. The molecule has 0 saturated carbocycles. The minimum absolute atomic E-state index is 0.0355. The Kier molecular flexibility index (Phi) is 5.87. The van der Waals surface area contributed by atoms with Crippen LogP contribution in [-0.4, -0.2) is 19.8 Å². The van der Waals surface area contributed by atoms with Crippen molar-refractivity contribution in [2.24, 2.45) is 0 Å². The fraction of sp³-hybridized carbons (Fsp3) is 0.429. The zero-order valence-corrected chi connectivity index (χ0v) is 15.0. The molecule has 0 amide bonds. The second-order valence-electron chi connectivity index (χ2n) is 6.70. The van der Waals surface area contributed by atoms with Crippen LogP contribution < -0.4 is 4.74 Å². The van der Waals surface area contributed by atoms with Crippen molar-refractivity contribution in [1.29, 1.82) is 0 Å². The first-order valence-electron chi connectivity index (χ1n) is 8.98. The molecule has 3 rings (SSSR count). The van der Waals surface area contributed by atoms with Crippen LogP contribution in [0.25, 0.3) is 11.1 Å². The molecule has 1 aliphatic heterocycles. The Hall–Kier alpha value is -2.01. The van der Waals surface area contributed by atoms with E-state index in [1.54, 1.807) is 6.07 Å². The lowest BCUT2D eigenvalue weighted by Gasteiger charge is -2.29. The van der Waals surface area contributed by atoms with Gasteiger partial charge in [-0.3, -0.25) is 0 Å². The average Bonchev–Trinajstić information content (AvgIpc) is 2.65. The monoisotopic (exact) mass is 364 g/mol. The first kappa shape index (κ1) is 18.8. The number of benzene rings is 2. The highest BCUT2D eigenvalue weighted by atomic mass is 19.2. The van der Waals surface area contributed by atoms with Gasteiger partial charge in [0.25, 0.3) is 0 Å². The summed E-state index contributed by atoms with van der Waals surface area (Å²) in [5.41, 5.74) is 0.749. The van der Waals surface area contributed by atoms with Crippen molar-refractivity contribution < 1.29 is 22.6 Å². The van der Waals surface area contributed by atoms with E-state index < -0.39 is 17.5 Å². The standard InChI is InChI=1S/C21H23F3O2/c1-3-4-15-7-5-14(12-26-15)13-6-8-16(18(22)11-13)17-9-10-19(25-2)21(24)20(17)23/h6,8-11,14-15H,3-5,7,12H2,1-2H3. The summed E-state index contributed by atoms with van der Waals surface area (Å²) in [6.45, 7) is 2.69. The second kappa shape index (κ2) is 8.12. The Morgan fingerprint density at radius 1 is 1.04 bits per heavy atom. The normalized spacial score (nSPS) is 20.2. The van der Waals surface area contributed by atoms with E-state index >= 15 is 0 Å². The van der Waals surface area contributed by atoms with E-state index in [9.17, 15) is 13.2 Å².